The second-order valence-electron chi connectivity index (χ2n) is 5.05. The monoisotopic (exact) mass is 236 g/mol. The standard InChI is InChI=1S/C13H20N2O2/c16-9-11-4-3-10(17-11)8-14-12-5-7-15-6-1-2-13(12)15/h3-4,12-14,16H,1-2,5-9H2. The van der Waals surface area contributed by atoms with Crippen molar-refractivity contribution in [2.24, 2.45) is 0 Å². The third-order valence-corrected chi connectivity index (χ3v) is 4.02. The molecule has 1 aromatic heterocycles. The number of furan rings is 1. The third-order valence-electron chi connectivity index (χ3n) is 4.02. The predicted octanol–water partition coefficient (Wildman–Crippen LogP) is 1.10. The van der Waals surface area contributed by atoms with E-state index in [0.29, 0.717) is 11.8 Å². The van der Waals surface area contributed by atoms with Gasteiger partial charge in [0.2, 0.25) is 0 Å². The summed E-state index contributed by atoms with van der Waals surface area (Å²) in [5, 5.41) is 12.5. The van der Waals surface area contributed by atoms with Crippen LogP contribution >= 0.6 is 0 Å². The lowest BCUT2D eigenvalue weighted by Crippen LogP contribution is -2.38. The van der Waals surface area contributed by atoms with Gasteiger partial charge in [0.05, 0.1) is 6.54 Å². The molecule has 4 heteroatoms. The van der Waals surface area contributed by atoms with Crippen molar-refractivity contribution in [3.8, 4) is 0 Å². The molecule has 0 bridgehead atoms. The highest BCUT2D eigenvalue weighted by Gasteiger charge is 2.36. The number of nitrogens with zero attached hydrogens (tertiary/aromatic N) is 1. The molecule has 2 aliphatic rings. The first-order valence-electron chi connectivity index (χ1n) is 6.52. The van der Waals surface area contributed by atoms with E-state index in [9.17, 15) is 0 Å². The molecule has 2 aliphatic heterocycles. The van der Waals surface area contributed by atoms with Crippen LogP contribution in [0.4, 0.5) is 0 Å². The van der Waals surface area contributed by atoms with E-state index >= 15 is 0 Å². The Morgan fingerprint density at radius 1 is 1.29 bits per heavy atom. The van der Waals surface area contributed by atoms with E-state index in [1.165, 1.54) is 32.4 Å². The van der Waals surface area contributed by atoms with E-state index in [1.807, 2.05) is 12.1 Å². The van der Waals surface area contributed by atoms with E-state index in [-0.39, 0.29) is 6.61 Å². The van der Waals surface area contributed by atoms with Gasteiger partial charge in [-0.1, -0.05) is 0 Å². The minimum atomic E-state index is -0.0141. The Morgan fingerprint density at radius 3 is 3.00 bits per heavy atom. The van der Waals surface area contributed by atoms with E-state index in [0.717, 1.165) is 18.3 Å². The molecular weight excluding hydrogens is 216 g/mol. The van der Waals surface area contributed by atoms with Crippen molar-refractivity contribution >= 4 is 0 Å². The predicted molar refractivity (Wildman–Crippen MR) is 64.5 cm³/mol. The van der Waals surface area contributed by atoms with Crippen LogP contribution < -0.4 is 5.32 Å². The maximum Gasteiger partial charge on any atom is 0.129 e. The fourth-order valence-electron chi connectivity index (χ4n) is 3.15. The van der Waals surface area contributed by atoms with Gasteiger partial charge in [0, 0.05) is 18.6 Å². The summed E-state index contributed by atoms with van der Waals surface area (Å²) in [5.74, 6) is 1.57. The number of aliphatic hydroxyl groups excluding tert-OH is 1. The molecule has 0 saturated carbocycles. The van der Waals surface area contributed by atoms with Crippen molar-refractivity contribution < 1.29 is 9.52 Å². The third kappa shape index (κ3) is 2.25. The van der Waals surface area contributed by atoms with Crippen LogP contribution in [0.25, 0.3) is 0 Å². The average Bonchev–Trinajstić information content (AvgIpc) is 3.03. The van der Waals surface area contributed by atoms with Crippen LogP contribution in [0.2, 0.25) is 0 Å². The van der Waals surface area contributed by atoms with Gasteiger partial charge >= 0.3 is 0 Å². The van der Waals surface area contributed by atoms with Crippen LogP contribution in [0, 0.1) is 0 Å². The number of nitrogens with one attached hydrogen (secondary N) is 1. The summed E-state index contributed by atoms with van der Waals surface area (Å²) < 4.78 is 5.48. The molecule has 3 rings (SSSR count). The first kappa shape index (κ1) is 11.3. The summed E-state index contributed by atoms with van der Waals surface area (Å²) in [5.41, 5.74) is 0. The highest BCUT2D eigenvalue weighted by atomic mass is 16.4. The van der Waals surface area contributed by atoms with Crippen molar-refractivity contribution in [2.45, 2.75) is 44.5 Å². The fraction of sp³-hybridized carbons (Fsp3) is 0.692. The smallest absolute Gasteiger partial charge is 0.129 e. The lowest BCUT2D eigenvalue weighted by molar-refractivity contribution is 0.241. The first-order valence-corrected chi connectivity index (χ1v) is 6.52. The molecule has 0 aliphatic carbocycles. The SMILES string of the molecule is OCc1ccc(CNC2CCN3CCCC23)o1. The zero-order valence-corrected chi connectivity index (χ0v) is 10.1. The topological polar surface area (TPSA) is 48.6 Å². The number of hydrogen-bond acceptors (Lipinski definition) is 4. The molecule has 2 fully saturated rings. The fourth-order valence-corrected chi connectivity index (χ4v) is 3.15. The second-order valence-corrected chi connectivity index (χ2v) is 5.05. The Morgan fingerprint density at radius 2 is 2.18 bits per heavy atom. The van der Waals surface area contributed by atoms with Gasteiger partial charge < -0.3 is 14.8 Å². The lowest BCUT2D eigenvalue weighted by Gasteiger charge is -2.20. The minimum absolute atomic E-state index is 0.0141. The summed E-state index contributed by atoms with van der Waals surface area (Å²) >= 11 is 0. The maximum atomic E-state index is 8.93. The van der Waals surface area contributed by atoms with Crippen molar-refractivity contribution in [2.75, 3.05) is 13.1 Å². The summed E-state index contributed by atoms with van der Waals surface area (Å²) in [6.45, 7) is 3.27. The van der Waals surface area contributed by atoms with Crippen molar-refractivity contribution in [3.63, 3.8) is 0 Å². The molecule has 4 nitrogen and oxygen atoms in total. The van der Waals surface area contributed by atoms with E-state index in [2.05, 4.69) is 10.2 Å². The minimum Gasteiger partial charge on any atom is -0.462 e. The van der Waals surface area contributed by atoms with Gasteiger partial charge in [0.25, 0.3) is 0 Å². The molecule has 2 N–H and O–H groups in total. The second kappa shape index (κ2) is 4.80. The van der Waals surface area contributed by atoms with E-state index in [4.69, 9.17) is 9.52 Å². The van der Waals surface area contributed by atoms with Crippen LogP contribution in [0.15, 0.2) is 16.5 Å². The summed E-state index contributed by atoms with van der Waals surface area (Å²) in [6.07, 6.45) is 3.92. The van der Waals surface area contributed by atoms with E-state index in [1.54, 1.807) is 0 Å². The summed E-state index contributed by atoms with van der Waals surface area (Å²) in [7, 11) is 0. The Labute approximate surface area is 102 Å². The quantitative estimate of drug-likeness (QED) is 0.822. The Kier molecular flexibility index (Phi) is 3.18. The van der Waals surface area contributed by atoms with Crippen molar-refractivity contribution in [3.05, 3.63) is 23.7 Å². The highest BCUT2D eigenvalue weighted by Crippen LogP contribution is 2.28. The molecule has 0 radical (unpaired) electrons. The molecule has 3 heterocycles. The van der Waals surface area contributed by atoms with Crippen LogP contribution in [0.5, 0.6) is 0 Å². The Balaban J connectivity index is 1.54. The lowest BCUT2D eigenvalue weighted by atomic mass is 10.1. The van der Waals surface area contributed by atoms with Crippen LogP contribution in [0.3, 0.4) is 0 Å². The number of rotatable bonds is 4. The number of aliphatic hydroxyl groups is 1. The normalized spacial score (nSPS) is 28.8. The summed E-state index contributed by atoms with van der Waals surface area (Å²) in [6, 6.07) is 5.13. The molecule has 0 spiro atoms. The molecule has 2 atom stereocenters. The molecule has 1 aromatic rings. The van der Waals surface area contributed by atoms with Gasteiger partial charge in [-0.3, -0.25) is 4.90 Å². The molecule has 2 saturated heterocycles. The van der Waals surface area contributed by atoms with Gasteiger partial charge in [-0.2, -0.15) is 0 Å². The molecule has 0 amide bonds. The number of hydrogen-bond donors (Lipinski definition) is 2. The molecule has 0 aromatic carbocycles. The zero-order chi connectivity index (χ0) is 11.7. The van der Waals surface area contributed by atoms with Gasteiger partial charge in [-0.05, 0) is 37.9 Å². The van der Waals surface area contributed by atoms with Gasteiger partial charge in [-0.25, -0.2) is 0 Å². The van der Waals surface area contributed by atoms with Crippen LogP contribution in [-0.4, -0.2) is 35.2 Å². The van der Waals surface area contributed by atoms with Crippen molar-refractivity contribution in [1.82, 2.24) is 10.2 Å². The maximum absolute atomic E-state index is 8.93. The first-order chi connectivity index (χ1) is 8.36. The Bertz CT molecular complexity index is 377. The molecule has 94 valence electrons. The van der Waals surface area contributed by atoms with Crippen LogP contribution in [0.1, 0.15) is 30.8 Å². The zero-order valence-electron chi connectivity index (χ0n) is 10.1. The van der Waals surface area contributed by atoms with Crippen LogP contribution in [-0.2, 0) is 13.2 Å². The largest absolute Gasteiger partial charge is 0.462 e. The van der Waals surface area contributed by atoms with Crippen molar-refractivity contribution in [1.29, 1.82) is 0 Å². The van der Waals surface area contributed by atoms with E-state index < -0.39 is 0 Å². The van der Waals surface area contributed by atoms with Gasteiger partial charge in [0.15, 0.2) is 0 Å². The number of fused-ring (bicyclic) bond motifs is 1. The molecule has 17 heavy (non-hydrogen) atoms. The molecular formula is C13H20N2O2. The Hall–Kier alpha value is -0.840. The van der Waals surface area contributed by atoms with Gasteiger partial charge in [0.1, 0.15) is 18.1 Å². The highest BCUT2D eigenvalue weighted by molar-refractivity contribution is 5.07. The average molecular weight is 236 g/mol. The summed E-state index contributed by atoms with van der Waals surface area (Å²) in [4.78, 5) is 2.60. The molecule has 2 unspecified atom stereocenters. The van der Waals surface area contributed by atoms with Gasteiger partial charge in [-0.15, -0.1) is 0 Å².